The maximum absolute atomic E-state index is 4.03. The van der Waals surface area contributed by atoms with Gasteiger partial charge in [0.05, 0.1) is 6.20 Å². The summed E-state index contributed by atoms with van der Waals surface area (Å²) in [5.41, 5.74) is 2.62. The van der Waals surface area contributed by atoms with Crippen LogP contribution in [0.3, 0.4) is 0 Å². The Bertz CT molecular complexity index is 276. The van der Waals surface area contributed by atoms with Gasteiger partial charge in [-0.1, -0.05) is 12.2 Å². The number of hydrogen-bond acceptors (Lipinski definition) is 2. The van der Waals surface area contributed by atoms with Crippen molar-refractivity contribution in [2.45, 2.75) is 19.4 Å². The van der Waals surface area contributed by atoms with Gasteiger partial charge in [-0.3, -0.25) is 10.00 Å². The van der Waals surface area contributed by atoms with Crippen LogP contribution in [0.2, 0.25) is 0 Å². The summed E-state index contributed by atoms with van der Waals surface area (Å²) in [5.74, 6) is 0. The second-order valence-corrected chi connectivity index (χ2v) is 3.67. The molecule has 3 heteroatoms. The number of hydrogen-bond donors (Lipinski definition) is 1. The lowest BCUT2D eigenvalue weighted by atomic mass is 10.1. The number of piperidine rings is 1. The Morgan fingerprint density at radius 1 is 1.62 bits per heavy atom. The Morgan fingerprint density at radius 3 is 3.23 bits per heavy atom. The summed E-state index contributed by atoms with van der Waals surface area (Å²) in [5, 5.41) is 6.76. The molecule has 0 spiro atoms. The predicted octanol–water partition coefficient (Wildman–Crippen LogP) is 1.56. The van der Waals surface area contributed by atoms with Gasteiger partial charge in [-0.05, 0) is 19.4 Å². The van der Waals surface area contributed by atoms with E-state index in [-0.39, 0.29) is 0 Å². The van der Waals surface area contributed by atoms with E-state index in [1.54, 1.807) is 0 Å². The van der Waals surface area contributed by atoms with E-state index in [4.69, 9.17) is 0 Å². The maximum atomic E-state index is 4.03. The largest absolute Gasteiger partial charge is 0.295 e. The normalized spacial score (nSPS) is 19.2. The van der Waals surface area contributed by atoms with Gasteiger partial charge in [-0.25, -0.2) is 0 Å². The van der Waals surface area contributed by atoms with Crippen molar-refractivity contribution >= 4 is 0 Å². The van der Waals surface area contributed by atoms with Gasteiger partial charge in [0, 0.05) is 24.8 Å². The van der Waals surface area contributed by atoms with Crippen LogP contribution in [0, 0.1) is 0 Å². The third-order valence-electron chi connectivity index (χ3n) is 2.41. The highest BCUT2D eigenvalue weighted by Crippen LogP contribution is 2.15. The van der Waals surface area contributed by atoms with Crippen molar-refractivity contribution in [1.29, 1.82) is 0 Å². The lowest BCUT2D eigenvalue weighted by Crippen LogP contribution is -2.30. The fourth-order valence-electron chi connectivity index (χ4n) is 1.78. The molecular weight excluding hydrogens is 162 g/mol. The number of nitrogens with one attached hydrogen (secondary N) is 1. The van der Waals surface area contributed by atoms with Crippen molar-refractivity contribution in [1.82, 2.24) is 15.1 Å². The van der Waals surface area contributed by atoms with Gasteiger partial charge in [0.25, 0.3) is 0 Å². The smallest absolute Gasteiger partial charge is 0.0532 e. The first-order valence-corrected chi connectivity index (χ1v) is 4.71. The lowest BCUT2D eigenvalue weighted by molar-refractivity contribution is 0.258. The molecule has 0 radical (unpaired) electrons. The highest BCUT2D eigenvalue weighted by molar-refractivity contribution is 5.06. The Balaban J connectivity index is 1.91. The topological polar surface area (TPSA) is 31.9 Å². The zero-order valence-electron chi connectivity index (χ0n) is 7.79. The van der Waals surface area contributed by atoms with Gasteiger partial charge in [0.15, 0.2) is 0 Å². The number of rotatable bonds is 2. The number of nitrogens with zero attached hydrogens (tertiary/aromatic N) is 2. The first-order chi connectivity index (χ1) is 6.34. The number of likely N-dealkylation sites (tertiary alicyclic amines) is 1. The Labute approximate surface area is 78.4 Å². The number of aromatic nitrogens is 2. The first-order valence-electron chi connectivity index (χ1n) is 4.71. The quantitative estimate of drug-likeness (QED) is 0.695. The van der Waals surface area contributed by atoms with E-state index in [0.717, 1.165) is 13.1 Å². The van der Waals surface area contributed by atoms with Crippen LogP contribution in [0.1, 0.15) is 18.4 Å². The number of H-pyrrole nitrogens is 1. The molecule has 0 saturated carbocycles. The summed E-state index contributed by atoms with van der Waals surface area (Å²) in [6.45, 7) is 7.26. The van der Waals surface area contributed by atoms with Crippen molar-refractivity contribution in [3.8, 4) is 0 Å². The molecule has 0 aliphatic carbocycles. The molecule has 1 aromatic heterocycles. The van der Waals surface area contributed by atoms with E-state index in [2.05, 4.69) is 21.7 Å². The SMILES string of the molecule is C=C1CCCN(Cc2cn[nH]c2)C1. The van der Waals surface area contributed by atoms with Gasteiger partial charge in [-0.15, -0.1) is 0 Å². The minimum absolute atomic E-state index is 0.996. The highest BCUT2D eigenvalue weighted by atomic mass is 15.1. The van der Waals surface area contributed by atoms with Crippen LogP contribution in [0.15, 0.2) is 24.5 Å². The Morgan fingerprint density at radius 2 is 2.54 bits per heavy atom. The van der Waals surface area contributed by atoms with Crippen molar-refractivity contribution in [3.63, 3.8) is 0 Å². The molecule has 0 amide bonds. The van der Waals surface area contributed by atoms with E-state index in [1.165, 1.54) is 30.5 Å². The summed E-state index contributed by atoms with van der Waals surface area (Å²) < 4.78 is 0. The predicted molar refractivity (Wildman–Crippen MR) is 52.2 cm³/mol. The summed E-state index contributed by atoms with van der Waals surface area (Å²) >= 11 is 0. The monoisotopic (exact) mass is 177 g/mol. The second kappa shape index (κ2) is 3.75. The molecule has 0 atom stereocenters. The Hall–Kier alpha value is -1.09. The van der Waals surface area contributed by atoms with E-state index in [1.807, 2.05) is 12.4 Å². The van der Waals surface area contributed by atoms with Gasteiger partial charge < -0.3 is 0 Å². The third kappa shape index (κ3) is 2.18. The zero-order chi connectivity index (χ0) is 9.10. The molecule has 1 aliphatic rings. The van der Waals surface area contributed by atoms with E-state index in [9.17, 15) is 0 Å². The summed E-state index contributed by atoms with van der Waals surface area (Å²) in [6.07, 6.45) is 6.29. The molecule has 0 bridgehead atoms. The molecule has 1 N–H and O–H groups in total. The van der Waals surface area contributed by atoms with E-state index < -0.39 is 0 Å². The highest BCUT2D eigenvalue weighted by Gasteiger charge is 2.12. The van der Waals surface area contributed by atoms with Gasteiger partial charge in [0.1, 0.15) is 0 Å². The molecule has 70 valence electrons. The van der Waals surface area contributed by atoms with Crippen LogP contribution in [-0.2, 0) is 6.54 Å². The van der Waals surface area contributed by atoms with Gasteiger partial charge >= 0.3 is 0 Å². The fraction of sp³-hybridized carbons (Fsp3) is 0.500. The molecule has 1 fully saturated rings. The molecule has 1 aromatic rings. The molecule has 2 heterocycles. The standard InChI is InChI=1S/C10H15N3/c1-9-3-2-4-13(7-9)8-10-5-11-12-6-10/h5-6H,1-4,7-8H2,(H,11,12). The van der Waals surface area contributed by atoms with Crippen LogP contribution in [-0.4, -0.2) is 28.2 Å². The minimum Gasteiger partial charge on any atom is -0.295 e. The summed E-state index contributed by atoms with van der Waals surface area (Å²) in [4.78, 5) is 2.41. The van der Waals surface area contributed by atoms with E-state index >= 15 is 0 Å². The average Bonchev–Trinajstić information content (AvgIpc) is 2.57. The second-order valence-electron chi connectivity index (χ2n) is 3.67. The minimum atomic E-state index is 0.996. The van der Waals surface area contributed by atoms with Crippen molar-refractivity contribution in [3.05, 3.63) is 30.1 Å². The molecule has 1 saturated heterocycles. The molecular formula is C10H15N3. The fourth-order valence-corrected chi connectivity index (χ4v) is 1.78. The average molecular weight is 177 g/mol. The summed E-state index contributed by atoms with van der Waals surface area (Å²) in [7, 11) is 0. The molecule has 2 rings (SSSR count). The van der Waals surface area contributed by atoms with Crippen molar-refractivity contribution in [2.75, 3.05) is 13.1 Å². The molecule has 3 nitrogen and oxygen atoms in total. The lowest BCUT2D eigenvalue weighted by Gasteiger charge is -2.27. The number of aromatic amines is 1. The van der Waals surface area contributed by atoms with Crippen LogP contribution < -0.4 is 0 Å². The van der Waals surface area contributed by atoms with Crippen molar-refractivity contribution < 1.29 is 0 Å². The molecule has 13 heavy (non-hydrogen) atoms. The van der Waals surface area contributed by atoms with Gasteiger partial charge in [0.2, 0.25) is 0 Å². The summed E-state index contributed by atoms with van der Waals surface area (Å²) in [6, 6.07) is 0. The molecule has 0 aromatic carbocycles. The zero-order valence-corrected chi connectivity index (χ0v) is 7.79. The first kappa shape index (κ1) is 8.51. The molecule has 1 aliphatic heterocycles. The van der Waals surface area contributed by atoms with Crippen LogP contribution in [0.5, 0.6) is 0 Å². The Kier molecular flexibility index (Phi) is 2.45. The van der Waals surface area contributed by atoms with Crippen LogP contribution in [0.4, 0.5) is 0 Å². The van der Waals surface area contributed by atoms with Crippen LogP contribution in [0.25, 0.3) is 0 Å². The van der Waals surface area contributed by atoms with Gasteiger partial charge in [-0.2, -0.15) is 5.10 Å². The maximum Gasteiger partial charge on any atom is 0.0532 e. The molecule has 0 unspecified atom stereocenters. The van der Waals surface area contributed by atoms with Crippen LogP contribution >= 0.6 is 0 Å². The van der Waals surface area contributed by atoms with Crippen molar-refractivity contribution in [2.24, 2.45) is 0 Å². The van der Waals surface area contributed by atoms with E-state index in [0.29, 0.717) is 0 Å². The third-order valence-corrected chi connectivity index (χ3v) is 2.41.